The van der Waals surface area contributed by atoms with Crippen LogP contribution in [0, 0.1) is 46.3 Å². The van der Waals surface area contributed by atoms with Crippen LogP contribution in [0.4, 0.5) is 0 Å². The van der Waals surface area contributed by atoms with Crippen LogP contribution < -0.4 is 0 Å². The molecule has 4 rings (SSSR count). The van der Waals surface area contributed by atoms with Crippen molar-refractivity contribution in [2.75, 3.05) is 0 Å². The average molecular weight is 405 g/mol. The van der Waals surface area contributed by atoms with Gasteiger partial charge in [0, 0.05) is 0 Å². The van der Waals surface area contributed by atoms with Crippen LogP contribution in [0.2, 0.25) is 0 Å². The number of aliphatic hydroxyl groups excluding tert-OH is 2. The number of aliphatic hydroxyl groups is 2. The summed E-state index contributed by atoms with van der Waals surface area (Å²) in [6.07, 6.45) is 16.3. The minimum Gasteiger partial charge on any atom is -0.393 e. The van der Waals surface area contributed by atoms with E-state index in [2.05, 4.69) is 27.7 Å². The Kier molecular flexibility index (Phi) is 6.45. The number of hydrogen-bond acceptors (Lipinski definition) is 2. The highest BCUT2D eigenvalue weighted by Crippen LogP contribution is 2.68. The van der Waals surface area contributed by atoms with Gasteiger partial charge in [0.1, 0.15) is 0 Å². The van der Waals surface area contributed by atoms with Crippen molar-refractivity contribution in [3.63, 3.8) is 0 Å². The maximum atomic E-state index is 10.3. The highest BCUT2D eigenvalue weighted by Gasteiger charge is 2.60. The summed E-state index contributed by atoms with van der Waals surface area (Å²) in [5, 5.41) is 20.2. The molecule has 2 nitrogen and oxygen atoms in total. The highest BCUT2D eigenvalue weighted by molar-refractivity contribution is 5.09. The maximum Gasteiger partial charge on any atom is 0.0543 e. The lowest BCUT2D eigenvalue weighted by molar-refractivity contribution is -0.129. The van der Waals surface area contributed by atoms with Gasteiger partial charge < -0.3 is 10.2 Å². The molecule has 4 saturated carbocycles. The number of hydrogen-bond donors (Lipinski definition) is 2. The molecule has 0 aromatic heterocycles. The Morgan fingerprint density at radius 2 is 1.62 bits per heavy atom. The van der Waals surface area contributed by atoms with Crippen molar-refractivity contribution in [1.29, 1.82) is 0 Å². The fourth-order valence-corrected chi connectivity index (χ4v) is 9.29. The third-order valence-corrected chi connectivity index (χ3v) is 11.1. The number of fused-ring (bicyclic) bond motifs is 5. The van der Waals surface area contributed by atoms with Gasteiger partial charge in [-0.1, -0.05) is 40.5 Å². The average Bonchev–Trinajstić information content (AvgIpc) is 3.05. The fourth-order valence-electron chi connectivity index (χ4n) is 9.29. The summed E-state index contributed by atoms with van der Waals surface area (Å²) in [7, 11) is 0. The monoisotopic (exact) mass is 404 g/mol. The minimum atomic E-state index is -0.0884. The highest BCUT2D eigenvalue weighted by atomic mass is 16.3. The van der Waals surface area contributed by atoms with Crippen LogP contribution in [0.25, 0.3) is 0 Å². The molecule has 29 heavy (non-hydrogen) atoms. The quantitative estimate of drug-likeness (QED) is 0.524. The van der Waals surface area contributed by atoms with E-state index in [1.807, 2.05) is 0 Å². The lowest BCUT2D eigenvalue weighted by Gasteiger charge is -2.61. The standard InChI is InChI=1S/C27H48O2/c1-5-20(28)8-6-7-18(2)23-11-12-24-22-10-9-19-17-21(29)13-15-26(19,3)25(22)14-16-27(23,24)4/h18-25,28-29H,5-17H2,1-4H3/t18-,19+,20?,21+,22+,23-,24+,25+,26+,27-/m1/s1. The van der Waals surface area contributed by atoms with Gasteiger partial charge in [-0.3, -0.25) is 0 Å². The fraction of sp³-hybridized carbons (Fsp3) is 1.00. The topological polar surface area (TPSA) is 40.5 Å². The summed E-state index contributed by atoms with van der Waals surface area (Å²) in [5.41, 5.74) is 1.06. The zero-order valence-electron chi connectivity index (χ0n) is 19.7. The molecule has 2 heteroatoms. The van der Waals surface area contributed by atoms with Crippen molar-refractivity contribution < 1.29 is 10.2 Å². The van der Waals surface area contributed by atoms with Gasteiger partial charge in [-0.25, -0.2) is 0 Å². The predicted octanol–water partition coefficient (Wildman–Crippen LogP) is 6.58. The van der Waals surface area contributed by atoms with E-state index in [0.717, 1.165) is 61.2 Å². The molecule has 4 aliphatic rings. The SMILES string of the molecule is CCC(O)CCC[C@@H](C)[C@H]1CC[C@H]2[C@@H]3CC[C@H]4C[C@@H](O)CC[C@]4(C)[C@H]3CC[C@]12C. The molecule has 0 aliphatic heterocycles. The summed E-state index contributed by atoms with van der Waals surface area (Å²) in [5.74, 6) is 5.29. The number of rotatable bonds is 6. The first-order valence-corrected chi connectivity index (χ1v) is 13.2. The van der Waals surface area contributed by atoms with E-state index in [1.165, 1.54) is 57.8 Å². The second kappa shape index (κ2) is 8.45. The molecular formula is C27H48O2. The van der Waals surface area contributed by atoms with Crippen LogP contribution in [0.15, 0.2) is 0 Å². The Balaban J connectivity index is 1.43. The molecule has 0 bridgehead atoms. The normalized spacial score (nSPS) is 49.0. The second-order valence-corrected chi connectivity index (χ2v) is 12.3. The molecule has 2 N–H and O–H groups in total. The second-order valence-electron chi connectivity index (χ2n) is 12.3. The van der Waals surface area contributed by atoms with E-state index in [-0.39, 0.29) is 12.2 Å². The van der Waals surface area contributed by atoms with E-state index < -0.39 is 0 Å². The van der Waals surface area contributed by atoms with Gasteiger partial charge in [0.15, 0.2) is 0 Å². The van der Waals surface area contributed by atoms with E-state index >= 15 is 0 Å². The summed E-state index contributed by atoms with van der Waals surface area (Å²) in [6, 6.07) is 0. The molecule has 0 heterocycles. The molecule has 0 saturated heterocycles. The third-order valence-electron chi connectivity index (χ3n) is 11.1. The van der Waals surface area contributed by atoms with Crippen LogP contribution in [-0.4, -0.2) is 22.4 Å². The molecule has 0 amide bonds. The van der Waals surface area contributed by atoms with Crippen LogP contribution in [0.5, 0.6) is 0 Å². The Bertz CT molecular complexity index is 561. The Morgan fingerprint density at radius 1 is 0.897 bits per heavy atom. The van der Waals surface area contributed by atoms with Gasteiger partial charge in [-0.2, -0.15) is 0 Å². The van der Waals surface area contributed by atoms with E-state index in [0.29, 0.717) is 10.8 Å². The van der Waals surface area contributed by atoms with Crippen molar-refractivity contribution in [3.05, 3.63) is 0 Å². The van der Waals surface area contributed by atoms with Gasteiger partial charge in [0.25, 0.3) is 0 Å². The lowest BCUT2D eigenvalue weighted by Crippen LogP contribution is -2.54. The predicted molar refractivity (Wildman–Crippen MR) is 121 cm³/mol. The van der Waals surface area contributed by atoms with E-state index in [9.17, 15) is 10.2 Å². The van der Waals surface area contributed by atoms with Gasteiger partial charge in [-0.15, -0.1) is 0 Å². The molecule has 4 aliphatic carbocycles. The molecular weight excluding hydrogens is 356 g/mol. The maximum absolute atomic E-state index is 10.3. The van der Waals surface area contributed by atoms with Crippen LogP contribution in [0.1, 0.15) is 111 Å². The Hall–Kier alpha value is -0.0800. The smallest absolute Gasteiger partial charge is 0.0543 e. The molecule has 0 aromatic carbocycles. The van der Waals surface area contributed by atoms with Crippen molar-refractivity contribution in [2.45, 2.75) is 123 Å². The summed E-state index contributed by atoms with van der Waals surface area (Å²) in [6.45, 7) is 9.89. The molecule has 4 fully saturated rings. The molecule has 0 radical (unpaired) electrons. The summed E-state index contributed by atoms with van der Waals surface area (Å²) < 4.78 is 0. The van der Waals surface area contributed by atoms with Crippen molar-refractivity contribution in [3.8, 4) is 0 Å². The lowest BCUT2D eigenvalue weighted by atomic mass is 9.44. The first-order valence-electron chi connectivity index (χ1n) is 13.2. The van der Waals surface area contributed by atoms with Gasteiger partial charge >= 0.3 is 0 Å². The minimum absolute atomic E-state index is 0.0265. The third kappa shape index (κ3) is 3.84. The van der Waals surface area contributed by atoms with Crippen LogP contribution in [0.3, 0.4) is 0 Å². The van der Waals surface area contributed by atoms with E-state index in [4.69, 9.17) is 0 Å². The largest absolute Gasteiger partial charge is 0.393 e. The van der Waals surface area contributed by atoms with Crippen molar-refractivity contribution >= 4 is 0 Å². The van der Waals surface area contributed by atoms with Gasteiger partial charge in [0.2, 0.25) is 0 Å². The summed E-state index contributed by atoms with van der Waals surface area (Å²) in [4.78, 5) is 0. The molecule has 10 atom stereocenters. The summed E-state index contributed by atoms with van der Waals surface area (Å²) >= 11 is 0. The molecule has 168 valence electrons. The van der Waals surface area contributed by atoms with Gasteiger partial charge in [-0.05, 0) is 117 Å². The zero-order valence-corrected chi connectivity index (χ0v) is 19.7. The Morgan fingerprint density at radius 3 is 2.38 bits per heavy atom. The van der Waals surface area contributed by atoms with Crippen LogP contribution in [-0.2, 0) is 0 Å². The molecule has 0 spiro atoms. The van der Waals surface area contributed by atoms with Crippen LogP contribution >= 0.6 is 0 Å². The molecule has 1 unspecified atom stereocenters. The van der Waals surface area contributed by atoms with Crippen molar-refractivity contribution in [2.24, 2.45) is 46.3 Å². The van der Waals surface area contributed by atoms with E-state index in [1.54, 1.807) is 0 Å². The van der Waals surface area contributed by atoms with Gasteiger partial charge in [0.05, 0.1) is 12.2 Å². The molecule has 0 aromatic rings. The Labute approximate surface area is 180 Å². The van der Waals surface area contributed by atoms with Crippen molar-refractivity contribution in [1.82, 2.24) is 0 Å². The zero-order chi connectivity index (χ0) is 20.8. The first kappa shape index (κ1) is 22.1. The first-order chi connectivity index (χ1) is 13.8.